The Kier molecular flexibility index (Phi) is 5.79. The van der Waals surface area contributed by atoms with Gasteiger partial charge in [-0.1, -0.05) is 27.5 Å². The SMILES string of the molecule is CCOc1c(Br)cc(Br)cc1CNc1ccc(O)c(Cl)c1. The van der Waals surface area contributed by atoms with Crippen molar-refractivity contribution in [1.82, 2.24) is 0 Å². The van der Waals surface area contributed by atoms with E-state index in [0.29, 0.717) is 18.2 Å². The number of phenolic OH excluding ortho intramolecular Hbond substituents is 1. The zero-order valence-electron chi connectivity index (χ0n) is 11.3. The smallest absolute Gasteiger partial charge is 0.138 e. The van der Waals surface area contributed by atoms with Crippen LogP contribution in [0.25, 0.3) is 0 Å². The molecule has 0 saturated heterocycles. The van der Waals surface area contributed by atoms with E-state index in [2.05, 4.69) is 37.2 Å². The van der Waals surface area contributed by atoms with Gasteiger partial charge in [0.05, 0.1) is 16.1 Å². The Balaban J connectivity index is 2.20. The van der Waals surface area contributed by atoms with Gasteiger partial charge < -0.3 is 15.2 Å². The molecule has 0 aliphatic carbocycles. The molecule has 112 valence electrons. The minimum atomic E-state index is 0.0717. The van der Waals surface area contributed by atoms with Gasteiger partial charge in [-0.2, -0.15) is 0 Å². The third-order valence-electron chi connectivity index (χ3n) is 2.80. The lowest BCUT2D eigenvalue weighted by Gasteiger charge is -2.14. The molecule has 2 N–H and O–H groups in total. The van der Waals surface area contributed by atoms with Gasteiger partial charge in [-0.25, -0.2) is 0 Å². The minimum absolute atomic E-state index is 0.0717. The highest BCUT2D eigenvalue weighted by Crippen LogP contribution is 2.34. The molecule has 2 aromatic rings. The molecule has 0 aliphatic heterocycles. The molecule has 2 rings (SSSR count). The zero-order valence-corrected chi connectivity index (χ0v) is 15.2. The van der Waals surface area contributed by atoms with E-state index in [-0.39, 0.29) is 5.75 Å². The van der Waals surface area contributed by atoms with E-state index in [1.807, 2.05) is 19.1 Å². The molecule has 0 bridgehead atoms. The first kappa shape index (κ1) is 16.5. The molecule has 0 heterocycles. The number of nitrogens with one attached hydrogen (secondary N) is 1. The molecular formula is C15H14Br2ClNO2. The maximum Gasteiger partial charge on any atom is 0.138 e. The first-order valence-electron chi connectivity index (χ1n) is 6.34. The van der Waals surface area contributed by atoms with E-state index >= 15 is 0 Å². The largest absolute Gasteiger partial charge is 0.506 e. The van der Waals surface area contributed by atoms with Gasteiger partial charge in [0.1, 0.15) is 11.5 Å². The molecule has 0 saturated carbocycles. The number of benzene rings is 2. The van der Waals surface area contributed by atoms with E-state index in [1.54, 1.807) is 18.2 Å². The third kappa shape index (κ3) is 4.28. The highest BCUT2D eigenvalue weighted by atomic mass is 79.9. The Labute approximate surface area is 145 Å². The molecule has 0 amide bonds. The van der Waals surface area contributed by atoms with Gasteiger partial charge in [-0.3, -0.25) is 0 Å². The van der Waals surface area contributed by atoms with Crippen molar-refractivity contribution in [2.45, 2.75) is 13.5 Å². The van der Waals surface area contributed by atoms with Crippen molar-refractivity contribution in [3.05, 3.63) is 49.9 Å². The summed E-state index contributed by atoms with van der Waals surface area (Å²) in [4.78, 5) is 0. The van der Waals surface area contributed by atoms with Crippen LogP contribution in [0.5, 0.6) is 11.5 Å². The topological polar surface area (TPSA) is 41.5 Å². The summed E-state index contributed by atoms with van der Waals surface area (Å²) in [6.07, 6.45) is 0. The van der Waals surface area contributed by atoms with Gasteiger partial charge in [0.25, 0.3) is 0 Å². The normalized spacial score (nSPS) is 10.5. The lowest BCUT2D eigenvalue weighted by Crippen LogP contribution is -2.04. The molecule has 6 heteroatoms. The summed E-state index contributed by atoms with van der Waals surface area (Å²) in [7, 11) is 0. The summed E-state index contributed by atoms with van der Waals surface area (Å²) >= 11 is 12.9. The molecule has 0 aliphatic rings. The summed E-state index contributed by atoms with van der Waals surface area (Å²) < 4.78 is 7.55. The fourth-order valence-corrected chi connectivity index (χ4v) is 3.47. The molecule has 2 aromatic carbocycles. The Morgan fingerprint density at radius 3 is 2.67 bits per heavy atom. The Hall–Kier alpha value is -0.910. The molecule has 0 unspecified atom stereocenters. The van der Waals surface area contributed by atoms with E-state index < -0.39 is 0 Å². The van der Waals surface area contributed by atoms with E-state index in [4.69, 9.17) is 16.3 Å². The van der Waals surface area contributed by atoms with Gasteiger partial charge in [0, 0.05) is 22.3 Å². The first-order chi connectivity index (χ1) is 10.0. The number of aromatic hydroxyl groups is 1. The van der Waals surface area contributed by atoms with Crippen molar-refractivity contribution < 1.29 is 9.84 Å². The second-order valence-corrected chi connectivity index (χ2v) is 6.51. The van der Waals surface area contributed by atoms with Crippen molar-refractivity contribution in [1.29, 1.82) is 0 Å². The molecule has 0 aromatic heterocycles. The lowest BCUT2D eigenvalue weighted by molar-refractivity contribution is 0.334. The van der Waals surface area contributed by atoms with Gasteiger partial charge in [0.15, 0.2) is 0 Å². The van der Waals surface area contributed by atoms with E-state index in [0.717, 1.165) is 25.9 Å². The van der Waals surface area contributed by atoms with E-state index in [9.17, 15) is 5.11 Å². The predicted molar refractivity (Wildman–Crippen MR) is 93.5 cm³/mol. The van der Waals surface area contributed by atoms with Crippen molar-refractivity contribution in [3.63, 3.8) is 0 Å². The summed E-state index contributed by atoms with van der Waals surface area (Å²) in [5, 5.41) is 13.0. The maximum absolute atomic E-state index is 9.42. The number of ether oxygens (including phenoxy) is 1. The van der Waals surface area contributed by atoms with Crippen LogP contribution < -0.4 is 10.1 Å². The van der Waals surface area contributed by atoms with Crippen LogP contribution in [0.1, 0.15) is 12.5 Å². The van der Waals surface area contributed by atoms with Crippen molar-refractivity contribution in [2.24, 2.45) is 0 Å². The molecular weight excluding hydrogens is 421 g/mol. The molecule has 3 nitrogen and oxygen atoms in total. The average Bonchev–Trinajstić information content (AvgIpc) is 2.43. The van der Waals surface area contributed by atoms with Crippen LogP contribution in [-0.2, 0) is 6.54 Å². The summed E-state index contributed by atoms with van der Waals surface area (Å²) in [6.45, 7) is 3.12. The Morgan fingerprint density at radius 2 is 2.00 bits per heavy atom. The van der Waals surface area contributed by atoms with Crippen molar-refractivity contribution in [3.8, 4) is 11.5 Å². The van der Waals surface area contributed by atoms with Crippen LogP contribution in [0.3, 0.4) is 0 Å². The average molecular weight is 436 g/mol. The van der Waals surface area contributed by atoms with Crippen molar-refractivity contribution >= 4 is 49.1 Å². The lowest BCUT2D eigenvalue weighted by atomic mass is 10.2. The number of hydrogen-bond donors (Lipinski definition) is 2. The fourth-order valence-electron chi connectivity index (χ4n) is 1.87. The number of halogens is 3. The fraction of sp³-hybridized carbons (Fsp3) is 0.200. The van der Waals surface area contributed by atoms with Gasteiger partial charge in [-0.15, -0.1) is 0 Å². The molecule has 0 atom stereocenters. The second-order valence-electron chi connectivity index (χ2n) is 4.33. The van der Waals surface area contributed by atoms with Crippen LogP contribution in [0, 0.1) is 0 Å². The van der Waals surface area contributed by atoms with Gasteiger partial charge in [0.2, 0.25) is 0 Å². The van der Waals surface area contributed by atoms with E-state index in [1.165, 1.54) is 0 Å². The molecule has 0 spiro atoms. The quantitative estimate of drug-likeness (QED) is 0.603. The highest BCUT2D eigenvalue weighted by Gasteiger charge is 2.10. The monoisotopic (exact) mass is 433 g/mol. The van der Waals surface area contributed by atoms with Crippen LogP contribution >= 0.6 is 43.5 Å². The Bertz CT molecular complexity index is 650. The number of rotatable bonds is 5. The minimum Gasteiger partial charge on any atom is -0.506 e. The first-order valence-corrected chi connectivity index (χ1v) is 8.30. The molecule has 0 radical (unpaired) electrons. The third-order valence-corrected chi connectivity index (χ3v) is 4.15. The molecule has 21 heavy (non-hydrogen) atoms. The maximum atomic E-state index is 9.42. The van der Waals surface area contributed by atoms with Crippen LogP contribution in [0.2, 0.25) is 5.02 Å². The number of phenols is 1. The summed E-state index contributed by atoms with van der Waals surface area (Å²) in [5.41, 5.74) is 1.85. The van der Waals surface area contributed by atoms with Crippen LogP contribution in [0.4, 0.5) is 5.69 Å². The predicted octanol–water partition coefficient (Wildman–Crippen LogP) is 5.58. The van der Waals surface area contributed by atoms with Gasteiger partial charge >= 0.3 is 0 Å². The highest BCUT2D eigenvalue weighted by molar-refractivity contribution is 9.11. The molecule has 0 fully saturated rings. The zero-order chi connectivity index (χ0) is 15.4. The summed E-state index contributed by atoms with van der Waals surface area (Å²) in [6, 6.07) is 8.97. The van der Waals surface area contributed by atoms with Gasteiger partial charge in [-0.05, 0) is 53.2 Å². The standard InChI is InChI=1S/C15H14Br2ClNO2/c1-2-21-15-9(5-10(16)6-12(15)17)8-19-11-3-4-14(20)13(18)7-11/h3-7,19-20H,2,8H2,1H3. The van der Waals surface area contributed by atoms with Crippen LogP contribution in [0.15, 0.2) is 39.3 Å². The number of anilines is 1. The second kappa shape index (κ2) is 7.38. The van der Waals surface area contributed by atoms with Crippen molar-refractivity contribution in [2.75, 3.05) is 11.9 Å². The summed E-state index contributed by atoms with van der Waals surface area (Å²) in [5.74, 6) is 0.889. The Morgan fingerprint density at radius 1 is 1.24 bits per heavy atom. The number of hydrogen-bond acceptors (Lipinski definition) is 3. The van der Waals surface area contributed by atoms with Crippen LogP contribution in [-0.4, -0.2) is 11.7 Å².